The predicted molar refractivity (Wildman–Crippen MR) is 81.9 cm³/mol. The Morgan fingerprint density at radius 1 is 1.40 bits per heavy atom. The first-order valence-corrected chi connectivity index (χ1v) is 7.27. The van der Waals surface area contributed by atoms with Gasteiger partial charge in [0.25, 0.3) is 0 Å². The van der Waals surface area contributed by atoms with Crippen molar-refractivity contribution < 1.29 is 4.74 Å². The number of benzene rings is 1. The SMILES string of the molecule is CCC1CN(c2cc(CN)nc3ccccc23)CCO1. The molecule has 0 saturated carbocycles. The molecule has 20 heavy (non-hydrogen) atoms. The van der Waals surface area contributed by atoms with Gasteiger partial charge in [0.1, 0.15) is 0 Å². The van der Waals surface area contributed by atoms with E-state index in [2.05, 4.69) is 41.1 Å². The van der Waals surface area contributed by atoms with E-state index in [4.69, 9.17) is 10.5 Å². The summed E-state index contributed by atoms with van der Waals surface area (Å²) in [6.45, 7) is 5.29. The van der Waals surface area contributed by atoms with Crippen LogP contribution in [0.15, 0.2) is 30.3 Å². The molecule has 1 aromatic heterocycles. The van der Waals surface area contributed by atoms with E-state index in [1.807, 2.05) is 6.07 Å². The number of fused-ring (bicyclic) bond motifs is 1. The molecular formula is C16H21N3O. The molecule has 0 spiro atoms. The summed E-state index contributed by atoms with van der Waals surface area (Å²) in [5.41, 5.74) is 8.98. The molecule has 3 rings (SSSR count). The monoisotopic (exact) mass is 271 g/mol. The quantitative estimate of drug-likeness (QED) is 0.930. The molecule has 1 aromatic carbocycles. The standard InChI is InChI=1S/C16H21N3O/c1-2-13-11-19(7-8-20-13)16-9-12(10-17)18-15-6-4-3-5-14(15)16/h3-6,9,13H,2,7-8,10-11,17H2,1H3. The normalized spacial score (nSPS) is 19.5. The number of rotatable bonds is 3. The van der Waals surface area contributed by atoms with Crippen molar-refractivity contribution >= 4 is 16.6 Å². The van der Waals surface area contributed by atoms with Crippen molar-refractivity contribution in [2.45, 2.75) is 26.0 Å². The molecule has 2 aromatic rings. The van der Waals surface area contributed by atoms with Gasteiger partial charge in [0.15, 0.2) is 0 Å². The Morgan fingerprint density at radius 3 is 3.05 bits per heavy atom. The largest absolute Gasteiger partial charge is 0.375 e. The van der Waals surface area contributed by atoms with Gasteiger partial charge in [-0.2, -0.15) is 0 Å². The third kappa shape index (κ3) is 2.49. The number of hydrogen-bond acceptors (Lipinski definition) is 4. The van der Waals surface area contributed by atoms with Crippen molar-refractivity contribution in [1.82, 2.24) is 4.98 Å². The van der Waals surface area contributed by atoms with Crippen LogP contribution in [0.4, 0.5) is 5.69 Å². The fraction of sp³-hybridized carbons (Fsp3) is 0.438. The van der Waals surface area contributed by atoms with Crippen LogP contribution < -0.4 is 10.6 Å². The number of morpholine rings is 1. The van der Waals surface area contributed by atoms with Crippen molar-refractivity contribution in [3.05, 3.63) is 36.0 Å². The van der Waals surface area contributed by atoms with Crippen LogP contribution in [-0.2, 0) is 11.3 Å². The molecule has 1 unspecified atom stereocenters. The van der Waals surface area contributed by atoms with E-state index in [0.29, 0.717) is 12.6 Å². The second kappa shape index (κ2) is 5.77. The van der Waals surface area contributed by atoms with Gasteiger partial charge >= 0.3 is 0 Å². The molecule has 2 heterocycles. The minimum absolute atomic E-state index is 0.317. The second-order valence-electron chi connectivity index (χ2n) is 5.20. The van der Waals surface area contributed by atoms with Crippen LogP contribution in [0.2, 0.25) is 0 Å². The van der Waals surface area contributed by atoms with Crippen molar-refractivity contribution in [2.75, 3.05) is 24.6 Å². The van der Waals surface area contributed by atoms with Gasteiger partial charge in [0, 0.05) is 30.7 Å². The van der Waals surface area contributed by atoms with Crippen LogP contribution in [0.25, 0.3) is 10.9 Å². The molecular weight excluding hydrogens is 250 g/mol. The topological polar surface area (TPSA) is 51.4 Å². The average molecular weight is 271 g/mol. The lowest BCUT2D eigenvalue weighted by Gasteiger charge is -2.35. The number of aromatic nitrogens is 1. The Morgan fingerprint density at radius 2 is 2.25 bits per heavy atom. The van der Waals surface area contributed by atoms with E-state index in [1.165, 1.54) is 11.1 Å². The maximum Gasteiger partial charge on any atom is 0.0748 e. The molecule has 1 saturated heterocycles. The Labute approximate surface area is 119 Å². The lowest BCUT2D eigenvalue weighted by molar-refractivity contribution is 0.0385. The van der Waals surface area contributed by atoms with Crippen LogP contribution in [0.3, 0.4) is 0 Å². The Kier molecular flexibility index (Phi) is 3.85. The Bertz CT molecular complexity index is 599. The first kappa shape index (κ1) is 13.3. The molecule has 2 N–H and O–H groups in total. The minimum Gasteiger partial charge on any atom is -0.375 e. The molecule has 1 fully saturated rings. The Hall–Kier alpha value is -1.65. The van der Waals surface area contributed by atoms with E-state index >= 15 is 0 Å². The van der Waals surface area contributed by atoms with Crippen molar-refractivity contribution in [1.29, 1.82) is 0 Å². The van der Waals surface area contributed by atoms with Gasteiger partial charge in [-0.3, -0.25) is 4.98 Å². The molecule has 0 aliphatic carbocycles. The van der Waals surface area contributed by atoms with Crippen LogP contribution in [0, 0.1) is 0 Å². The number of nitrogens with two attached hydrogens (primary N) is 1. The second-order valence-corrected chi connectivity index (χ2v) is 5.20. The van der Waals surface area contributed by atoms with Gasteiger partial charge in [-0.1, -0.05) is 25.1 Å². The molecule has 0 amide bonds. The van der Waals surface area contributed by atoms with Crippen molar-refractivity contribution in [3.8, 4) is 0 Å². The number of hydrogen-bond donors (Lipinski definition) is 1. The van der Waals surface area contributed by atoms with Crippen LogP contribution in [-0.4, -0.2) is 30.8 Å². The summed E-state index contributed by atoms with van der Waals surface area (Å²) in [6.07, 6.45) is 1.36. The first-order valence-electron chi connectivity index (χ1n) is 7.27. The summed E-state index contributed by atoms with van der Waals surface area (Å²) in [7, 11) is 0. The molecule has 0 bridgehead atoms. The fourth-order valence-electron chi connectivity index (χ4n) is 2.76. The Balaban J connectivity index is 2.04. The third-order valence-corrected chi connectivity index (χ3v) is 3.89. The smallest absolute Gasteiger partial charge is 0.0748 e. The fourth-order valence-corrected chi connectivity index (χ4v) is 2.76. The molecule has 4 nitrogen and oxygen atoms in total. The number of ether oxygens (including phenoxy) is 1. The minimum atomic E-state index is 0.317. The van der Waals surface area contributed by atoms with Gasteiger partial charge in [-0.05, 0) is 18.6 Å². The number of anilines is 1. The van der Waals surface area contributed by atoms with Gasteiger partial charge in [-0.15, -0.1) is 0 Å². The van der Waals surface area contributed by atoms with Gasteiger partial charge in [0.2, 0.25) is 0 Å². The van der Waals surface area contributed by atoms with Crippen molar-refractivity contribution in [2.24, 2.45) is 5.73 Å². The lowest BCUT2D eigenvalue weighted by Crippen LogP contribution is -2.42. The van der Waals surface area contributed by atoms with Crippen molar-refractivity contribution in [3.63, 3.8) is 0 Å². The number of pyridine rings is 1. The first-order chi connectivity index (χ1) is 9.81. The average Bonchev–Trinajstić information content (AvgIpc) is 2.53. The third-order valence-electron chi connectivity index (χ3n) is 3.89. The van der Waals surface area contributed by atoms with Gasteiger partial charge in [-0.25, -0.2) is 0 Å². The van der Waals surface area contributed by atoms with Gasteiger partial charge in [0.05, 0.1) is 23.9 Å². The zero-order valence-corrected chi connectivity index (χ0v) is 11.9. The molecule has 1 aliphatic heterocycles. The summed E-state index contributed by atoms with van der Waals surface area (Å²) >= 11 is 0. The molecule has 1 aliphatic rings. The summed E-state index contributed by atoms with van der Waals surface area (Å²) in [5.74, 6) is 0. The van der Waals surface area contributed by atoms with E-state index in [0.717, 1.165) is 37.3 Å². The summed E-state index contributed by atoms with van der Waals surface area (Å²) in [4.78, 5) is 7.01. The highest BCUT2D eigenvalue weighted by molar-refractivity contribution is 5.92. The molecule has 4 heteroatoms. The highest BCUT2D eigenvalue weighted by Crippen LogP contribution is 2.28. The summed E-state index contributed by atoms with van der Waals surface area (Å²) in [5, 5.41) is 1.20. The van der Waals surface area contributed by atoms with E-state index in [1.54, 1.807) is 0 Å². The zero-order chi connectivity index (χ0) is 13.9. The van der Waals surface area contributed by atoms with Crippen LogP contribution in [0.5, 0.6) is 0 Å². The molecule has 1 atom stereocenters. The zero-order valence-electron chi connectivity index (χ0n) is 11.9. The highest BCUT2D eigenvalue weighted by Gasteiger charge is 2.21. The van der Waals surface area contributed by atoms with Crippen LogP contribution in [0.1, 0.15) is 19.0 Å². The molecule has 0 radical (unpaired) electrons. The van der Waals surface area contributed by atoms with E-state index < -0.39 is 0 Å². The van der Waals surface area contributed by atoms with Crippen LogP contribution >= 0.6 is 0 Å². The predicted octanol–water partition coefficient (Wildman–Crippen LogP) is 2.31. The van der Waals surface area contributed by atoms with E-state index in [9.17, 15) is 0 Å². The lowest BCUT2D eigenvalue weighted by atomic mass is 10.1. The number of para-hydroxylation sites is 1. The summed E-state index contributed by atoms with van der Waals surface area (Å²) < 4.78 is 5.77. The highest BCUT2D eigenvalue weighted by atomic mass is 16.5. The van der Waals surface area contributed by atoms with E-state index in [-0.39, 0.29) is 0 Å². The maximum atomic E-state index is 5.79. The summed E-state index contributed by atoms with van der Waals surface area (Å²) in [6, 6.07) is 10.4. The number of nitrogens with zero attached hydrogens (tertiary/aromatic N) is 2. The maximum absolute atomic E-state index is 5.79. The molecule has 106 valence electrons. The van der Waals surface area contributed by atoms with Gasteiger partial charge < -0.3 is 15.4 Å².